The van der Waals surface area contributed by atoms with E-state index in [0.29, 0.717) is 11.8 Å². The molecule has 0 fully saturated rings. The maximum Gasteiger partial charge on any atom is 0.416 e. The first kappa shape index (κ1) is 12.2. The van der Waals surface area contributed by atoms with Crippen LogP contribution in [0.4, 0.5) is 13.2 Å². The zero-order valence-electron chi connectivity index (χ0n) is 8.43. The van der Waals surface area contributed by atoms with E-state index in [2.05, 4.69) is 0 Å². The lowest BCUT2D eigenvalue weighted by Crippen LogP contribution is -2.09. The Balaban J connectivity index is 3.38. The number of hydrogen-bond donors (Lipinski definition) is 0. The fourth-order valence-electron chi connectivity index (χ4n) is 1.44. The number of carbonyl (C=O) groups is 1. The van der Waals surface area contributed by atoms with Gasteiger partial charge in [0.05, 0.1) is 18.1 Å². The third-order valence-electron chi connectivity index (χ3n) is 2.19. The second kappa shape index (κ2) is 4.35. The fourth-order valence-corrected chi connectivity index (χ4v) is 1.44. The highest BCUT2D eigenvalue weighted by Gasteiger charge is 2.33. The van der Waals surface area contributed by atoms with Crippen LogP contribution in [0.25, 0.3) is 0 Å². The molecule has 0 aromatic heterocycles. The highest BCUT2D eigenvalue weighted by Crippen LogP contribution is 2.33. The van der Waals surface area contributed by atoms with Crippen LogP contribution in [0.5, 0.6) is 0 Å². The Kier molecular flexibility index (Phi) is 3.33. The molecule has 0 aliphatic rings. The monoisotopic (exact) mass is 227 g/mol. The highest BCUT2D eigenvalue weighted by molar-refractivity contribution is 5.78. The Morgan fingerprint density at radius 1 is 1.44 bits per heavy atom. The van der Waals surface area contributed by atoms with Gasteiger partial charge in [0.2, 0.25) is 0 Å². The summed E-state index contributed by atoms with van der Waals surface area (Å²) in [4.78, 5) is 10.6. The van der Waals surface area contributed by atoms with Gasteiger partial charge < -0.3 is 0 Å². The van der Waals surface area contributed by atoms with Crippen molar-refractivity contribution in [3.8, 4) is 6.07 Å². The molecule has 0 amide bonds. The number of alkyl halides is 3. The van der Waals surface area contributed by atoms with Crippen molar-refractivity contribution in [2.45, 2.75) is 19.5 Å². The molecule has 84 valence electrons. The van der Waals surface area contributed by atoms with Gasteiger partial charge in [0.1, 0.15) is 6.29 Å². The molecule has 0 heterocycles. The van der Waals surface area contributed by atoms with E-state index in [0.717, 1.165) is 6.07 Å². The van der Waals surface area contributed by atoms with Crippen LogP contribution in [0, 0.1) is 18.3 Å². The lowest BCUT2D eigenvalue weighted by molar-refractivity contribution is -0.138. The molecule has 5 heteroatoms. The van der Waals surface area contributed by atoms with Crippen LogP contribution in [-0.2, 0) is 12.6 Å². The van der Waals surface area contributed by atoms with Crippen molar-refractivity contribution in [3.05, 3.63) is 34.4 Å². The summed E-state index contributed by atoms with van der Waals surface area (Å²) >= 11 is 0. The third kappa shape index (κ3) is 2.40. The van der Waals surface area contributed by atoms with Gasteiger partial charge in [-0.25, -0.2) is 0 Å². The number of aryl methyl sites for hydroxylation is 1. The van der Waals surface area contributed by atoms with Gasteiger partial charge in [-0.05, 0) is 24.1 Å². The third-order valence-corrected chi connectivity index (χ3v) is 2.19. The average Bonchev–Trinajstić information content (AvgIpc) is 2.16. The van der Waals surface area contributed by atoms with Crippen molar-refractivity contribution in [3.63, 3.8) is 0 Å². The van der Waals surface area contributed by atoms with Crippen molar-refractivity contribution in [2.24, 2.45) is 0 Å². The summed E-state index contributed by atoms with van der Waals surface area (Å²) < 4.78 is 37.5. The smallest absolute Gasteiger partial charge is 0.298 e. The van der Waals surface area contributed by atoms with Crippen molar-refractivity contribution in [1.29, 1.82) is 5.26 Å². The summed E-state index contributed by atoms with van der Waals surface area (Å²) in [5, 5.41) is 8.47. The van der Waals surface area contributed by atoms with E-state index in [9.17, 15) is 18.0 Å². The SMILES string of the molecule is Cc1cc(CC#N)c(C=O)cc1C(F)(F)F. The van der Waals surface area contributed by atoms with Gasteiger partial charge in [-0.3, -0.25) is 4.79 Å². The van der Waals surface area contributed by atoms with Crippen molar-refractivity contribution >= 4 is 6.29 Å². The molecule has 0 aliphatic carbocycles. The predicted octanol–water partition coefficient (Wildman–Crippen LogP) is 2.89. The van der Waals surface area contributed by atoms with Crippen LogP contribution in [0.15, 0.2) is 12.1 Å². The molecule has 2 nitrogen and oxygen atoms in total. The number of carbonyl (C=O) groups excluding carboxylic acids is 1. The minimum absolute atomic E-state index is 0.0170. The molecule has 0 atom stereocenters. The Morgan fingerprint density at radius 2 is 2.06 bits per heavy atom. The van der Waals surface area contributed by atoms with E-state index in [4.69, 9.17) is 5.26 Å². The zero-order chi connectivity index (χ0) is 12.3. The van der Waals surface area contributed by atoms with E-state index in [1.54, 1.807) is 6.07 Å². The number of hydrogen-bond acceptors (Lipinski definition) is 2. The molecule has 0 radical (unpaired) electrons. The molecule has 1 aromatic carbocycles. The quantitative estimate of drug-likeness (QED) is 0.729. The molecule has 0 bridgehead atoms. The minimum atomic E-state index is -4.48. The Labute approximate surface area is 90.3 Å². The summed E-state index contributed by atoms with van der Waals surface area (Å²) in [7, 11) is 0. The second-order valence-electron chi connectivity index (χ2n) is 3.32. The summed E-state index contributed by atoms with van der Waals surface area (Å²) in [6, 6.07) is 3.82. The maximum atomic E-state index is 12.5. The molecular formula is C11H8F3NO. The van der Waals surface area contributed by atoms with Gasteiger partial charge in [0, 0.05) is 5.56 Å². The number of halogens is 3. The fraction of sp³-hybridized carbons (Fsp3) is 0.273. The molecule has 0 spiro atoms. The van der Waals surface area contributed by atoms with Crippen molar-refractivity contribution in [1.82, 2.24) is 0 Å². The molecule has 0 unspecified atom stereocenters. The number of rotatable bonds is 2. The van der Waals surface area contributed by atoms with Gasteiger partial charge in [-0.1, -0.05) is 6.07 Å². The van der Waals surface area contributed by atoms with Gasteiger partial charge in [-0.2, -0.15) is 18.4 Å². The summed E-state index contributed by atoms with van der Waals surface area (Å²) in [5.41, 5.74) is -0.581. The molecule has 1 rings (SSSR count). The lowest BCUT2D eigenvalue weighted by atomic mass is 9.98. The molecule has 0 N–H and O–H groups in total. The maximum absolute atomic E-state index is 12.5. The van der Waals surface area contributed by atoms with Crippen molar-refractivity contribution < 1.29 is 18.0 Å². The molecule has 0 saturated carbocycles. The van der Waals surface area contributed by atoms with E-state index < -0.39 is 11.7 Å². The van der Waals surface area contributed by atoms with E-state index in [1.807, 2.05) is 0 Å². The molecule has 16 heavy (non-hydrogen) atoms. The van der Waals surface area contributed by atoms with Gasteiger partial charge in [-0.15, -0.1) is 0 Å². The van der Waals surface area contributed by atoms with Gasteiger partial charge in [0.15, 0.2) is 0 Å². The Hall–Kier alpha value is -1.83. The molecule has 0 aliphatic heterocycles. The van der Waals surface area contributed by atoms with E-state index in [1.165, 1.54) is 13.0 Å². The van der Waals surface area contributed by atoms with Gasteiger partial charge in [0.25, 0.3) is 0 Å². The first-order chi connectivity index (χ1) is 7.40. The Bertz CT molecular complexity index is 458. The first-order valence-corrected chi connectivity index (χ1v) is 4.43. The van der Waals surface area contributed by atoms with Gasteiger partial charge >= 0.3 is 6.18 Å². The van der Waals surface area contributed by atoms with Crippen LogP contribution in [0.3, 0.4) is 0 Å². The zero-order valence-corrected chi connectivity index (χ0v) is 8.43. The topological polar surface area (TPSA) is 40.9 Å². The van der Waals surface area contributed by atoms with Crippen LogP contribution in [-0.4, -0.2) is 6.29 Å². The molecule has 1 aromatic rings. The van der Waals surface area contributed by atoms with Crippen LogP contribution in [0.1, 0.15) is 27.0 Å². The number of nitriles is 1. The largest absolute Gasteiger partial charge is 0.416 e. The van der Waals surface area contributed by atoms with E-state index in [-0.39, 0.29) is 17.5 Å². The average molecular weight is 227 g/mol. The van der Waals surface area contributed by atoms with Crippen LogP contribution in [0.2, 0.25) is 0 Å². The second-order valence-corrected chi connectivity index (χ2v) is 3.32. The predicted molar refractivity (Wildman–Crippen MR) is 50.9 cm³/mol. The van der Waals surface area contributed by atoms with Crippen LogP contribution >= 0.6 is 0 Å². The van der Waals surface area contributed by atoms with E-state index >= 15 is 0 Å². The lowest BCUT2D eigenvalue weighted by Gasteiger charge is -2.12. The summed E-state index contributed by atoms with van der Waals surface area (Å²) in [6.07, 6.45) is -4.22. The van der Waals surface area contributed by atoms with Crippen LogP contribution < -0.4 is 0 Å². The Morgan fingerprint density at radius 3 is 2.50 bits per heavy atom. The standard InChI is InChI=1S/C11H8F3NO/c1-7-4-8(2-3-15)9(6-16)5-10(7)11(12,13)14/h4-6H,2H2,1H3. The molecule has 0 saturated heterocycles. The normalized spacial score (nSPS) is 10.9. The van der Waals surface area contributed by atoms with Crippen molar-refractivity contribution in [2.75, 3.05) is 0 Å². The summed E-state index contributed by atoms with van der Waals surface area (Å²) in [5.74, 6) is 0. The minimum Gasteiger partial charge on any atom is -0.298 e. The summed E-state index contributed by atoms with van der Waals surface area (Å²) in [6.45, 7) is 1.30. The highest BCUT2D eigenvalue weighted by atomic mass is 19.4. The number of nitrogens with zero attached hydrogens (tertiary/aromatic N) is 1. The number of benzene rings is 1. The number of aldehydes is 1. The first-order valence-electron chi connectivity index (χ1n) is 4.43. The molecular weight excluding hydrogens is 219 g/mol.